The summed E-state index contributed by atoms with van der Waals surface area (Å²) in [6.45, 7) is 2.55. The molecule has 0 fully saturated rings. The quantitative estimate of drug-likeness (QED) is 0.521. The molecular formula is C21H21NO4S. The number of aromatic nitrogens is 1. The molecule has 0 radical (unpaired) electrons. The SMILES string of the molecule is CCCOc1c(OC)cc(C(=O)c2csc(-c3ccccc3)n2)cc1OC. The Hall–Kier alpha value is -2.86. The van der Waals surface area contributed by atoms with E-state index in [1.54, 1.807) is 17.5 Å². The van der Waals surface area contributed by atoms with Gasteiger partial charge in [0.1, 0.15) is 10.7 Å². The van der Waals surface area contributed by atoms with E-state index in [1.165, 1.54) is 25.6 Å². The molecule has 0 unspecified atom stereocenters. The number of hydrogen-bond acceptors (Lipinski definition) is 6. The van der Waals surface area contributed by atoms with Gasteiger partial charge in [-0.3, -0.25) is 4.79 Å². The van der Waals surface area contributed by atoms with E-state index in [4.69, 9.17) is 14.2 Å². The maximum atomic E-state index is 12.9. The molecule has 0 spiro atoms. The Labute approximate surface area is 162 Å². The number of carbonyl (C=O) groups excluding carboxylic acids is 1. The number of methoxy groups -OCH3 is 2. The molecule has 0 aliphatic carbocycles. The van der Waals surface area contributed by atoms with Gasteiger partial charge in [0.05, 0.1) is 20.8 Å². The van der Waals surface area contributed by atoms with Crippen molar-refractivity contribution in [2.45, 2.75) is 13.3 Å². The number of rotatable bonds is 8. The molecule has 0 amide bonds. The minimum Gasteiger partial charge on any atom is -0.493 e. The molecule has 27 heavy (non-hydrogen) atoms. The van der Waals surface area contributed by atoms with Crippen molar-refractivity contribution in [3.8, 4) is 27.8 Å². The summed E-state index contributed by atoms with van der Waals surface area (Å²) in [6, 6.07) is 13.1. The maximum Gasteiger partial charge on any atom is 0.212 e. The van der Waals surface area contributed by atoms with Gasteiger partial charge in [-0.25, -0.2) is 4.98 Å². The zero-order chi connectivity index (χ0) is 19.2. The van der Waals surface area contributed by atoms with Crippen molar-refractivity contribution in [3.63, 3.8) is 0 Å². The van der Waals surface area contributed by atoms with Crippen molar-refractivity contribution in [1.82, 2.24) is 4.98 Å². The van der Waals surface area contributed by atoms with Crippen LogP contribution in [-0.4, -0.2) is 31.6 Å². The standard InChI is InChI=1S/C21H21NO4S/c1-4-10-26-20-17(24-2)11-15(12-18(20)25-3)19(23)16-13-27-21(22-16)14-8-6-5-7-9-14/h5-9,11-13H,4,10H2,1-3H3. The van der Waals surface area contributed by atoms with Crippen LogP contribution < -0.4 is 14.2 Å². The fourth-order valence-corrected chi connectivity index (χ4v) is 3.40. The van der Waals surface area contributed by atoms with E-state index in [2.05, 4.69) is 4.98 Å². The molecule has 1 aromatic heterocycles. The van der Waals surface area contributed by atoms with Gasteiger partial charge in [0.25, 0.3) is 0 Å². The van der Waals surface area contributed by atoms with Crippen LogP contribution in [0.25, 0.3) is 10.6 Å². The Bertz CT molecular complexity index is 896. The normalized spacial score (nSPS) is 10.5. The first-order chi connectivity index (χ1) is 13.2. The van der Waals surface area contributed by atoms with Gasteiger partial charge in [0.2, 0.25) is 11.5 Å². The summed E-state index contributed by atoms with van der Waals surface area (Å²) in [5.74, 6) is 1.24. The van der Waals surface area contributed by atoms with E-state index in [9.17, 15) is 4.79 Å². The largest absolute Gasteiger partial charge is 0.493 e. The summed E-state index contributed by atoms with van der Waals surface area (Å²) >= 11 is 1.44. The Morgan fingerprint density at radius 1 is 1.07 bits per heavy atom. The summed E-state index contributed by atoms with van der Waals surface area (Å²) in [6.07, 6.45) is 0.855. The van der Waals surface area contributed by atoms with Gasteiger partial charge in [-0.15, -0.1) is 11.3 Å². The molecule has 5 nitrogen and oxygen atoms in total. The predicted molar refractivity (Wildman–Crippen MR) is 106 cm³/mol. The third-order valence-corrected chi connectivity index (χ3v) is 4.82. The van der Waals surface area contributed by atoms with E-state index in [-0.39, 0.29) is 5.78 Å². The zero-order valence-corrected chi connectivity index (χ0v) is 16.3. The van der Waals surface area contributed by atoms with Crippen LogP contribution in [0.1, 0.15) is 29.4 Å². The second-order valence-corrected chi connectivity index (χ2v) is 6.65. The summed E-state index contributed by atoms with van der Waals surface area (Å²) < 4.78 is 16.5. The Balaban J connectivity index is 1.94. The molecule has 0 atom stereocenters. The minimum atomic E-state index is -0.188. The van der Waals surface area contributed by atoms with Crippen molar-refractivity contribution in [2.75, 3.05) is 20.8 Å². The highest BCUT2D eigenvalue weighted by Gasteiger charge is 2.20. The highest BCUT2D eigenvalue weighted by Crippen LogP contribution is 2.39. The zero-order valence-electron chi connectivity index (χ0n) is 15.5. The third-order valence-electron chi connectivity index (χ3n) is 3.93. The van der Waals surface area contributed by atoms with Gasteiger partial charge < -0.3 is 14.2 Å². The Kier molecular flexibility index (Phi) is 6.08. The van der Waals surface area contributed by atoms with Crippen LogP contribution in [-0.2, 0) is 0 Å². The second-order valence-electron chi connectivity index (χ2n) is 5.79. The number of benzene rings is 2. The second kappa shape index (κ2) is 8.68. The molecule has 0 N–H and O–H groups in total. The minimum absolute atomic E-state index is 0.188. The molecule has 6 heteroatoms. The van der Waals surface area contributed by atoms with Crippen LogP contribution in [0, 0.1) is 0 Å². The summed E-state index contributed by atoms with van der Waals surface area (Å²) in [5, 5.41) is 2.58. The average Bonchev–Trinajstić information content (AvgIpc) is 3.22. The lowest BCUT2D eigenvalue weighted by molar-refractivity contribution is 0.103. The predicted octanol–water partition coefficient (Wildman–Crippen LogP) is 4.85. The van der Waals surface area contributed by atoms with Crippen molar-refractivity contribution >= 4 is 17.1 Å². The summed E-state index contributed by atoms with van der Waals surface area (Å²) in [7, 11) is 3.08. The maximum absolute atomic E-state index is 12.9. The first-order valence-corrected chi connectivity index (χ1v) is 9.50. The van der Waals surface area contributed by atoms with Crippen LogP contribution >= 0.6 is 11.3 Å². The molecule has 0 aliphatic heterocycles. The van der Waals surface area contributed by atoms with E-state index >= 15 is 0 Å². The summed E-state index contributed by atoms with van der Waals surface area (Å²) in [4.78, 5) is 17.4. The van der Waals surface area contributed by atoms with E-state index in [0.717, 1.165) is 17.0 Å². The molecular weight excluding hydrogens is 362 g/mol. The first-order valence-electron chi connectivity index (χ1n) is 8.62. The molecule has 0 saturated heterocycles. The van der Waals surface area contributed by atoms with Crippen molar-refractivity contribution < 1.29 is 19.0 Å². The smallest absolute Gasteiger partial charge is 0.212 e. The number of nitrogens with zero attached hydrogens (tertiary/aromatic N) is 1. The van der Waals surface area contributed by atoms with E-state index in [0.29, 0.717) is 35.1 Å². The van der Waals surface area contributed by atoms with Crippen molar-refractivity contribution in [1.29, 1.82) is 0 Å². The monoisotopic (exact) mass is 383 g/mol. The Morgan fingerprint density at radius 2 is 1.74 bits per heavy atom. The third kappa shape index (κ3) is 4.11. The molecule has 3 rings (SSSR count). The Morgan fingerprint density at radius 3 is 2.33 bits per heavy atom. The average molecular weight is 383 g/mol. The van der Waals surface area contributed by atoms with Gasteiger partial charge in [0.15, 0.2) is 11.5 Å². The molecule has 0 aliphatic rings. The molecule has 2 aromatic carbocycles. The van der Waals surface area contributed by atoms with E-state index < -0.39 is 0 Å². The highest BCUT2D eigenvalue weighted by atomic mass is 32.1. The number of ketones is 1. The highest BCUT2D eigenvalue weighted by molar-refractivity contribution is 7.13. The van der Waals surface area contributed by atoms with Crippen molar-refractivity contribution in [3.05, 3.63) is 59.1 Å². The number of ether oxygens (including phenoxy) is 3. The van der Waals surface area contributed by atoms with E-state index in [1.807, 2.05) is 37.3 Å². The van der Waals surface area contributed by atoms with Crippen LogP contribution in [0.3, 0.4) is 0 Å². The lowest BCUT2D eigenvalue weighted by atomic mass is 10.1. The molecule has 0 saturated carbocycles. The molecule has 1 heterocycles. The molecule has 3 aromatic rings. The van der Waals surface area contributed by atoms with Gasteiger partial charge in [-0.05, 0) is 18.6 Å². The van der Waals surface area contributed by atoms with Gasteiger partial charge in [-0.1, -0.05) is 37.3 Å². The van der Waals surface area contributed by atoms with Gasteiger partial charge >= 0.3 is 0 Å². The van der Waals surface area contributed by atoms with Crippen LogP contribution in [0.5, 0.6) is 17.2 Å². The fourth-order valence-electron chi connectivity index (χ4n) is 2.60. The fraction of sp³-hybridized carbons (Fsp3) is 0.238. The number of hydrogen-bond donors (Lipinski definition) is 0. The summed E-state index contributed by atoms with van der Waals surface area (Å²) in [5.41, 5.74) is 1.82. The van der Waals surface area contributed by atoms with Gasteiger partial charge in [0, 0.05) is 16.5 Å². The topological polar surface area (TPSA) is 57.7 Å². The van der Waals surface area contributed by atoms with Crippen molar-refractivity contribution in [2.24, 2.45) is 0 Å². The van der Waals surface area contributed by atoms with Crippen LogP contribution in [0.2, 0.25) is 0 Å². The molecule has 0 bridgehead atoms. The van der Waals surface area contributed by atoms with Crippen LogP contribution in [0.4, 0.5) is 0 Å². The number of thiazole rings is 1. The van der Waals surface area contributed by atoms with Gasteiger partial charge in [-0.2, -0.15) is 0 Å². The first kappa shape index (κ1) is 18.9. The number of carbonyl (C=O) groups is 1. The molecule has 140 valence electrons. The van der Waals surface area contributed by atoms with Crippen LogP contribution in [0.15, 0.2) is 47.8 Å². The lowest BCUT2D eigenvalue weighted by Crippen LogP contribution is -2.06. The lowest BCUT2D eigenvalue weighted by Gasteiger charge is -2.15.